The van der Waals surface area contributed by atoms with Crippen LogP contribution in [0.25, 0.3) is 22.0 Å². The maximum absolute atomic E-state index is 14.0. The molecule has 37 heavy (non-hydrogen) atoms. The van der Waals surface area contributed by atoms with Crippen LogP contribution in [0.4, 0.5) is 14.6 Å². The lowest BCUT2D eigenvalue weighted by Crippen LogP contribution is -2.40. The average Bonchev–Trinajstić information content (AvgIpc) is 3.31. The molecule has 0 bridgehead atoms. The van der Waals surface area contributed by atoms with E-state index in [1.54, 1.807) is 36.1 Å². The Morgan fingerprint density at radius 3 is 2.62 bits per heavy atom. The smallest absolute Gasteiger partial charge is 0.298 e. The summed E-state index contributed by atoms with van der Waals surface area (Å²) in [4.78, 5) is 27.0. The number of carbonyl (C=O) groups is 1. The molecule has 1 atom stereocenters. The highest BCUT2D eigenvalue weighted by molar-refractivity contribution is 6.02. The highest BCUT2D eigenvalue weighted by Crippen LogP contribution is 2.37. The number of carbonyl (C=O) groups excluding carboxylic acids is 1. The molecule has 1 fully saturated rings. The van der Waals surface area contributed by atoms with E-state index in [0.29, 0.717) is 35.1 Å². The first-order valence-electron chi connectivity index (χ1n) is 11.7. The second kappa shape index (κ2) is 9.78. The summed E-state index contributed by atoms with van der Waals surface area (Å²) in [7, 11) is 0. The van der Waals surface area contributed by atoms with Gasteiger partial charge in [-0.1, -0.05) is 24.1 Å². The van der Waals surface area contributed by atoms with Gasteiger partial charge in [-0.2, -0.15) is 5.10 Å². The quantitative estimate of drug-likeness (QED) is 0.406. The van der Waals surface area contributed by atoms with E-state index in [2.05, 4.69) is 22.0 Å². The van der Waals surface area contributed by atoms with Crippen LogP contribution in [0.3, 0.4) is 0 Å². The third-order valence-corrected chi connectivity index (χ3v) is 6.39. The van der Waals surface area contributed by atoms with Crippen LogP contribution in [0.15, 0.2) is 53.5 Å². The van der Waals surface area contributed by atoms with Crippen molar-refractivity contribution < 1.29 is 18.3 Å². The molecule has 3 N–H and O–H groups in total. The first-order chi connectivity index (χ1) is 17.9. The largest absolute Gasteiger partial charge is 0.451 e. The molecular formula is C27H23F2N5O3. The molecule has 0 saturated carbocycles. The average molecular weight is 504 g/mol. The number of likely N-dealkylation sites (tertiary alicyclic amines) is 1. The molecule has 1 amide bonds. The number of hydrogen-bond acceptors (Lipinski definition) is 5. The fourth-order valence-electron chi connectivity index (χ4n) is 4.69. The maximum Gasteiger partial charge on any atom is 0.298 e. The number of benzene rings is 2. The molecule has 1 aliphatic heterocycles. The van der Waals surface area contributed by atoms with Crippen LogP contribution >= 0.6 is 0 Å². The van der Waals surface area contributed by atoms with Crippen molar-refractivity contribution in [1.29, 1.82) is 0 Å². The number of nitrogens with one attached hydrogen (secondary N) is 1. The Bertz CT molecular complexity index is 1600. The van der Waals surface area contributed by atoms with E-state index in [9.17, 15) is 18.4 Å². The summed E-state index contributed by atoms with van der Waals surface area (Å²) in [6.45, 7) is 2.61. The highest BCUT2D eigenvalue weighted by atomic mass is 19.1. The van der Waals surface area contributed by atoms with Crippen molar-refractivity contribution in [2.24, 2.45) is 0 Å². The van der Waals surface area contributed by atoms with Crippen LogP contribution in [-0.4, -0.2) is 38.7 Å². The minimum atomic E-state index is -0.810. The molecule has 3 heterocycles. The molecular weight excluding hydrogens is 480 g/mol. The second-order valence-corrected chi connectivity index (χ2v) is 8.71. The monoisotopic (exact) mass is 503 g/mol. The Morgan fingerprint density at radius 1 is 1.19 bits per heavy atom. The number of hydrogen-bond donors (Lipinski definition) is 2. The summed E-state index contributed by atoms with van der Waals surface area (Å²) < 4.78 is 35.2. The molecule has 2 aromatic carbocycles. The van der Waals surface area contributed by atoms with Crippen molar-refractivity contribution in [2.75, 3.05) is 18.8 Å². The van der Waals surface area contributed by atoms with Crippen LogP contribution in [-0.2, 0) is 4.79 Å². The minimum Gasteiger partial charge on any atom is -0.451 e. The molecule has 5 rings (SSSR count). The normalized spacial score (nSPS) is 15.3. The number of halogens is 2. The zero-order chi connectivity index (χ0) is 26.1. The van der Waals surface area contributed by atoms with Crippen LogP contribution in [0.1, 0.15) is 25.8 Å². The summed E-state index contributed by atoms with van der Waals surface area (Å²) in [6, 6.07) is 9.89. The molecule has 10 heteroatoms. The van der Waals surface area contributed by atoms with Crippen molar-refractivity contribution in [3.05, 3.63) is 70.6 Å². The van der Waals surface area contributed by atoms with Gasteiger partial charge in [-0.15, -0.1) is 0 Å². The van der Waals surface area contributed by atoms with Gasteiger partial charge >= 0.3 is 0 Å². The lowest BCUT2D eigenvalue weighted by atomic mass is 10.1. The van der Waals surface area contributed by atoms with Gasteiger partial charge in [0.05, 0.1) is 11.4 Å². The Labute approximate surface area is 210 Å². The molecule has 0 aliphatic carbocycles. The number of rotatable bonds is 4. The van der Waals surface area contributed by atoms with E-state index in [1.807, 2.05) is 10.8 Å². The fraction of sp³-hybridized carbons (Fsp3) is 0.222. The van der Waals surface area contributed by atoms with Gasteiger partial charge in [0.2, 0.25) is 0 Å². The van der Waals surface area contributed by atoms with Gasteiger partial charge in [-0.25, -0.2) is 13.9 Å². The van der Waals surface area contributed by atoms with E-state index in [0.717, 1.165) is 25.0 Å². The number of aromatic amines is 1. The van der Waals surface area contributed by atoms with E-state index in [4.69, 9.17) is 10.5 Å². The number of nitrogens with two attached hydrogens (primary N) is 1. The fourth-order valence-corrected chi connectivity index (χ4v) is 4.69. The van der Waals surface area contributed by atoms with Crippen molar-refractivity contribution in [2.45, 2.75) is 25.8 Å². The number of nitrogen functional groups attached to an aromatic ring is 1. The molecule has 1 aliphatic rings. The van der Waals surface area contributed by atoms with Gasteiger partial charge < -0.3 is 19.9 Å². The van der Waals surface area contributed by atoms with Crippen LogP contribution in [0, 0.1) is 23.5 Å². The number of fused-ring (bicyclic) bond motifs is 1. The van der Waals surface area contributed by atoms with Gasteiger partial charge in [-0.3, -0.25) is 9.59 Å². The van der Waals surface area contributed by atoms with Gasteiger partial charge in [0.1, 0.15) is 11.3 Å². The summed E-state index contributed by atoms with van der Waals surface area (Å²) >= 11 is 0. The lowest BCUT2D eigenvalue weighted by molar-refractivity contribution is -0.126. The number of nitrogens with zero attached hydrogens (tertiary/aromatic N) is 3. The van der Waals surface area contributed by atoms with Crippen molar-refractivity contribution >= 4 is 22.6 Å². The van der Waals surface area contributed by atoms with Gasteiger partial charge in [0.15, 0.2) is 23.2 Å². The number of piperidine rings is 1. The van der Waals surface area contributed by atoms with Crippen LogP contribution in [0.5, 0.6) is 11.5 Å². The molecule has 0 radical (unpaired) electrons. The number of anilines is 1. The first kappa shape index (κ1) is 24.1. The summed E-state index contributed by atoms with van der Waals surface area (Å²) in [5.74, 6) is 3.24. The van der Waals surface area contributed by atoms with Gasteiger partial charge in [-0.05, 0) is 55.5 Å². The zero-order valence-corrected chi connectivity index (χ0v) is 19.9. The summed E-state index contributed by atoms with van der Waals surface area (Å²) in [5.41, 5.74) is 7.52. The molecule has 0 spiro atoms. The van der Waals surface area contributed by atoms with Crippen molar-refractivity contribution in [3.63, 3.8) is 0 Å². The van der Waals surface area contributed by atoms with E-state index in [-0.39, 0.29) is 23.5 Å². The molecule has 2 aromatic heterocycles. The zero-order valence-electron chi connectivity index (χ0n) is 19.9. The Kier molecular flexibility index (Phi) is 6.36. The summed E-state index contributed by atoms with van der Waals surface area (Å²) in [6.07, 6.45) is 3.34. The molecule has 188 valence electrons. The number of H-pyrrole nitrogens is 1. The maximum atomic E-state index is 14.0. The van der Waals surface area contributed by atoms with Crippen molar-refractivity contribution in [1.82, 2.24) is 19.7 Å². The van der Waals surface area contributed by atoms with E-state index in [1.165, 1.54) is 6.07 Å². The predicted octanol–water partition coefficient (Wildman–Crippen LogP) is 4.23. The number of para-hydroxylation sites is 1. The molecule has 0 unspecified atom stereocenters. The Morgan fingerprint density at radius 2 is 1.92 bits per heavy atom. The van der Waals surface area contributed by atoms with Crippen LogP contribution < -0.4 is 16.0 Å². The van der Waals surface area contributed by atoms with E-state index < -0.39 is 22.9 Å². The third-order valence-electron chi connectivity index (χ3n) is 6.39. The Hall–Kier alpha value is -4.65. The number of amides is 1. The van der Waals surface area contributed by atoms with Crippen molar-refractivity contribution in [3.8, 4) is 34.5 Å². The second-order valence-electron chi connectivity index (χ2n) is 8.71. The first-order valence-corrected chi connectivity index (χ1v) is 11.7. The molecule has 1 saturated heterocycles. The SMILES string of the molecule is CC#CC(=O)N1CCC[C@@H](n2cc(-c3ccc(Oc4c(F)cccc4F)cc3)c3c(N)n[nH]c(=O)c32)C1. The number of aromatic nitrogens is 3. The molecule has 8 nitrogen and oxygen atoms in total. The molecule has 4 aromatic rings. The highest BCUT2D eigenvalue weighted by Gasteiger charge is 2.27. The van der Waals surface area contributed by atoms with Crippen LogP contribution in [0.2, 0.25) is 0 Å². The van der Waals surface area contributed by atoms with Gasteiger partial charge in [0, 0.05) is 24.8 Å². The third kappa shape index (κ3) is 4.51. The predicted molar refractivity (Wildman–Crippen MR) is 135 cm³/mol. The standard InChI is InChI=1S/C27H23F2N5O3/c1-2-5-22(35)33-13-4-6-17(14-33)34-15-19(23-24(34)27(36)32-31-26(23)30)16-9-11-18(12-10-16)37-25-20(28)7-3-8-21(25)29/h3,7-12,15,17H,4,6,13-14H2,1H3,(H2,30,31)(H,32,36)/t17-/m1/s1. The van der Waals surface area contributed by atoms with E-state index >= 15 is 0 Å². The topological polar surface area (TPSA) is 106 Å². The number of ether oxygens (including phenoxy) is 1. The minimum absolute atomic E-state index is 0.151. The lowest BCUT2D eigenvalue weighted by Gasteiger charge is -2.32. The van der Waals surface area contributed by atoms with Gasteiger partial charge in [0.25, 0.3) is 11.5 Å². The summed E-state index contributed by atoms with van der Waals surface area (Å²) in [5, 5.41) is 6.87. The Balaban J connectivity index is 1.53.